The Kier molecular flexibility index (Phi) is 3.31. The minimum absolute atomic E-state index is 0.191. The first-order chi connectivity index (χ1) is 6.02. The second kappa shape index (κ2) is 4.09. The van der Waals surface area contributed by atoms with Gasteiger partial charge in [0.2, 0.25) is 0 Å². The van der Waals surface area contributed by atoms with E-state index in [4.69, 9.17) is 5.11 Å². The van der Waals surface area contributed by atoms with Crippen LogP contribution in [0.5, 0.6) is 0 Å². The summed E-state index contributed by atoms with van der Waals surface area (Å²) in [6, 6.07) is 0. The van der Waals surface area contributed by atoms with Crippen molar-refractivity contribution in [2.24, 2.45) is 17.8 Å². The highest BCUT2D eigenvalue weighted by molar-refractivity contribution is 5.69. The largest absolute Gasteiger partial charge is 0.481 e. The fourth-order valence-electron chi connectivity index (χ4n) is 2.30. The van der Waals surface area contributed by atoms with E-state index in [1.165, 1.54) is 0 Å². The van der Waals surface area contributed by atoms with Crippen molar-refractivity contribution in [2.45, 2.75) is 20.3 Å². The van der Waals surface area contributed by atoms with Crippen LogP contribution in [0.15, 0.2) is 0 Å². The lowest BCUT2D eigenvalue weighted by atomic mass is 9.78. The molecule has 0 bridgehead atoms. The summed E-state index contributed by atoms with van der Waals surface area (Å²) in [6.07, 6.45) is 1.02. The van der Waals surface area contributed by atoms with Crippen LogP contribution in [-0.2, 0) is 4.79 Å². The van der Waals surface area contributed by atoms with Crippen molar-refractivity contribution >= 4 is 5.97 Å². The predicted octanol–water partition coefficient (Wildman–Crippen LogP) is 1.29. The Morgan fingerprint density at radius 3 is 2.69 bits per heavy atom. The molecule has 1 fully saturated rings. The van der Waals surface area contributed by atoms with Crippen LogP contribution in [-0.4, -0.2) is 36.1 Å². The van der Waals surface area contributed by atoms with Gasteiger partial charge in [0.15, 0.2) is 0 Å². The zero-order valence-electron chi connectivity index (χ0n) is 8.66. The lowest BCUT2D eigenvalue weighted by molar-refractivity contribution is -0.144. The molecule has 3 atom stereocenters. The van der Waals surface area contributed by atoms with Gasteiger partial charge in [-0.15, -0.1) is 0 Å². The highest BCUT2D eigenvalue weighted by Gasteiger charge is 2.31. The van der Waals surface area contributed by atoms with E-state index in [-0.39, 0.29) is 5.92 Å². The van der Waals surface area contributed by atoms with Crippen molar-refractivity contribution in [3.05, 3.63) is 0 Å². The maximum Gasteiger partial charge on any atom is 0.306 e. The fourth-order valence-corrected chi connectivity index (χ4v) is 2.30. The number of hydrogen-bond acceptors (Lipinski definition) is 2. The Bertz CT molecular complexity index is 193. The van der Waals surface area contributed by atoms with E-state index >= 15 is 0 Å². The standard InChI is InChI=1S/C10H19NO2/c1-7-6-11(3)5-4-9(7)8(2)10(12)13/h7-9H,4-6H2,1-3H3,(H,12,13). The predicted molar refractivity (Wildman–Crippen MR) is 51.6 cm³/mol. The summed E-state index contributed by atoms with van der Waals surface area (Å²) in [5.74, 6) is 0.0173. The second-order valence-corrected chi connectivity index (χ2v) is 4.32. The average Bonchev–Trinajstić information content (AvgIpc) is 2.03. The van der Waals surface area contributed by atoms with Gasteiger partial charge >= 0.3 is 5.97 Å². The fraction of sp³-hybridized carbons (Fsp3) is 0.900. The Balaban J connectivity index is 2.55. The molecule has 0 amide bonds. The Labute approximate surface area is 79.7 Å². The second-order valence-electron chi connectivity index (χ2n) is 4.32. The molecule has 3 nitrogen and oxygen atoms in total. The highest BCUT2D eigenvalue weighted by Crippen LogP contribution is 2.29. The van der Waals surface area contributed by atoms with E-state index in [9.17, 15) is 4.79 Å². The molecule has 1 N–H and O–H groups in total. The van der Waals surface area contributed by atoms with Gasteiger partial charge in [-0.05, 0) is 31.8 Å². The van der Waals surface area contributed by atoms with Crippen LogP contribution >= 0.6 is 0 Å². The molecule has 3 heteroatoms. The minimum atomic E-state index is -0.651. The summed E-state index contributed by atoms with van der Waals surface area (Å²) < 4.78 is 0. The molecule has 1 aliphatic rings. The molecule has 0 aromatic rings. The molecule has 0 spiro atoms. The molecule has 0 radical (unpaired) electrons. The van der Waals surface area contributed by atoms with E-state index in [1.54, 1.807) is 0 Å². The summed E-state index contributed by atoms with van der Waals surface area (Å²) in [6.45, 7) is 6.05. The van der Waals surface area contributed by atoms with Gasteiger partial charge in [0.05, 0.1) is 5.92 Å². The molecule has 13 heavy (non-hydrogen) atoms. The van der Waals surface area contributed by atoms with Crippen LogP contribution in [0.2, 0.25) is 0 Å². The molecule has 1 heterocycles. The molecule has 76 valence electrons. The van der Waals surface area contributed by atoms with Gasteiger partial charge in [0.25, 0.3) is 0 Å². The smallest absolute Gasteiger partial charge is 0.306 e. The lowest BCUT2D eigenvalue weighted by Crippen LogP contribution is -2.40. The van der Waals surface area contributed by atoms with Crippen molar-refractivity contribution in [1.29, 1.82) is 0 Å². The van der Waals surface area contributed by atoms with Crippen molar-refractivity contribution in [1.82, 2.24) is 4.90 Å². The summed E-state index contributed by atoms with van der Waals surface area (Å²) >= 11 is 0. The maximum atomic E-state index is 10.8. The molecule has 0 aromatic carbocycles. The number of piperidine rings is 1. The monoisotopic (exact) mass is 185 g/mol. The van der Waals surface area contributed by atoms with Crippen LogP contribution in [0.1, 0.15) is 20.3 Å². The van der Waals surface area contributed by atoms with Crippen LogP contribution in [0.4, 0.5) is 0 Å². The van der Waals surface area contributed by atoms with Crippen LogP contribution in [0.3, 0.4) is 0 Å². The van der Waals surface area contributed by atoms with E-state index in [0.717, 1.165) is 19.5 Å². The lowest BCUT2D eigenvalue weighted by Gasteiger charge is -2.36. The van der Waals surface area contributed by atoms with Crippen molar-refractivity contribution < 1.29 is 9.90 Å². The summed E-state index contributed by atoms with van der Waals surface area (Å²) in [4.78, 5) is 13.1. The van der Waals surface area contributed by atoms with E-state index in [0.29, 0.717) is 11.8 Å². The van der Waals surface area contributed by atoms with Gasteiger partial charge < -0.3 is 10.0 Å². The van der Waals surface area contributed by atoms with Crippen LogP contribution in [0.25, 0.3) is 0 Å². The van der Waals surface area contributed by atoms with E-state index < -0.39 is 5.97 Å². The van der Waals surface area contributed by atoms with E-state index in [2.05, 4.69) is 18.9 Å². The molecule has 0 aliphatic carbocycles. The minimum Gasteiger partial charge on any atom is -0.481 e. The first-order valence-corrected chi connectivity index (χ1v) is 4.93. The molecule has 1 aliphatic heterocycles. The third-order valence-electron chi connectivity index (χ3n) is 3.21. The number of carboxylic acids is 1. The van der Waals surface area contributed by atoms with Gasteiger partial charge in [0, 0.05) is 6.54 Å². The van der Waals surface area contributed by atoms with Crippen LogP contribution < -0.4 is 0 Å². The van der Waals surface area contributed by atoms with Crippen molar-refractivity contribution in [3.63, 3.8) is 0 Å². The average molecular weight is 185 g/mol. The summed E-state index contributed by atoms with van der Waals surface area (Å²) in [5, 5.41) is 8.90. The Morgan fingerprint density at radius 1 is 1.62 bits per heavy atom. The van der Waals surface area contributed by atoms with Crippen molar-refractivity contribution in [2.75, 3.05) is 20.1 Å². The molecular formula is C10H19NO2. The Hall–Kier alpha value is -0.570. The third kappa shape index (κ3) is 2.44. The molecule has 3 unspecified atom stereocenters. The normalized spacial score (nSPS) is 32.8. The third-order valence-corrected chi connectivity index (χ3v) is 3.21. The number of carboxylic acid groups (broad SMARTS) is 1. The maximum absolute atomic E-state index is 10.8. The molecule has 0 aromatic heterocycles. The number of likely N-dealkylation sites (tertiary alicyclic amines) is 1. The van der Waals surface area contributed by atoms with Gasteiger partial charge in [-0.2, -0.15) is 0 Å². The number of rotatable bonds is 2. The number of aliphatic carboxylic acids is 1. The zero-order valence-corrected chi connectivity index (χ0v) is 8.66. The first kappa shape index (κ1) is 10.5. The molecule has 1 rings (SSSR count). The first-order valence-electron chi connectivity index (χ1n) is 4.93. The van der Waals surface area contributed by atoms with Crippen molar-refractivity contribution in [3.8, 4) is 0 Å². The van der Waals surface area contributed by atoms with Gasteiger partial charge in [-0.1, -0.05) is 13.8 Å². The number of nitrogens with zero attached hydrogens (tertiary/aromatic N) is 1. The van der Waals surface area contributed by atoms with Crippen LogP contribution in [0, 0.1) is 17.8 Å². The number of carbonyl (C=O) groups is 1. The molecular weight excluding hydrogens is 166 g/mol. The van der Waals surface area contributed by atoms with Gasteiger partial charge in [-0.25, -0.2) is 0 Å². The number of hydrogen-bond donors (Lipinski definition) is 1. The molecule has 1 saturated heterocycles. The van der Waals surface area contributed by atoms with E-state index in [1.807, 2.05) is 6.92 Å². The highest BCUT2D eigenvalue weighted by atomic mass is 16.4. The molecule has 0 saturated carbocycles. The Morgan fingerprint density at radius 2 is 2.23 bits per heavy atom. The zero-order chi connectivity index (χ0) is 10.0. The SMILES string of the molecule is CC1CN(C)CCC1C(C)C(=O)O. The summed E-state index contributed by atoms with van der Waals surface area (Å²) in [5.41, 5.74) is 0. The topological polar surface area (TPSA) is 40.5 Å². The van der Waals surface area contributed by atoms with Gasteiger partial charge in [-0.3, -0.25) is 4.79 Å². The van der Waals surface area contributed by atoms with Gasteiger partial charge in [0.1, 0.15) is 0 Å². The quantitative estimate of drug-likeness (QED) is 0.705. The summed E-state index contributed by atoms with van der Waals surface area (Å²) in [7, 11) is 2.10.